The quantitative estimate of drug-likeness (QED) is 0.589. The number of rotatable bonds is 6. The first-order valence-electron chi connectivity index (χ1n) is 6.23. The first-order valence-corrected chi connectivity index (χ1v) is 7.22. The van der Waals surface area contributed by atoms with Crippen LogP contribution in [-0.2, 0) is 5.75 Å². The van der Waals surface area contributed by atoms with Gasteiger partial charge in [0.15, 0.2) is 0 Å². The van der Waals surface area contributed by atoms with Crippen molar-refractivity contribution in [1.29, 1.82) is 0 Å². The van der Waals surface area contributed by atoms with Crippen molar-refractivity contribution in [3.8, 4) is 0 Å². The van der Waals surface area contributed by atoms with Gasteiger partial charge in [0.1, 0.15) is 0 Å². The van der Waals surface area contributed by atoms with Gasteiger partial charge in [-0.2, -0.15) is 0 Å². The average molecular weight is 313 g/mol. The van der Waals surface area contributed by atoms with Crippen molar-refractivity contribution in [2.24, 2.45) is 0 Å². The number of thioether (sulfide) groups is 1. The van der Waals surface area contributed by atoms with Crippen LogP contribution in [-0.4, -0.2) is 33.1 Å². The van der Waals surface area contributed by atoms with E-state index < -0.39 is 9.85 Å². The molecule has 8 nitrogen and oxygen atoms in total. The topological polar surface area (TPSA) is 107 Å². The van der Waals surface area contributed by atoms with Gasteiger partial charge in [0.25, 0.3) is 16.6 Å². The van der Waals surface area contributed by atoms with Crippen molar-refractivity contribution in [3.63, 3.8) is 0 Å². The van der Waals surface area contributed by atoms with Crippen LogP contribution in [0.5, 0.6) is 0 Å². The third-order valence-electron chi connectivity index (χ3n) is 2.77. The standard InChI is InChI=1S/C12H15N3O5S/c1-3-13(4-2)12(16)21-8-9-5-10(14(17)18)7-11(6-9)15(19)20/h5-7H,3-4,8H2,1-2H3. The van der Waals surface area contributed by atoms with E-state index in [0.717, 1.165) is 17.8 Å². The van der Waals surface area contributed by atoms with E-state index in [-0.39, 0.29) is 22.4 Å². The molecular weight excluding hydrogens is 298 g/mol. The van der Waals surface area contributed by atoms with Crippen molar-refractivity contribution in [2.75, 3.05) is 13.1 Å². The molecule has 0 radical (unpaired) electrons. The van der Waals surface area contributed by atoms with Crippen LogP contribution in [0, 0.1) is 20.2 Å². The summed E-state index contributed by atoms with van der Waals surface area (Å²) in [6.45, 7) is 4.83. The number of hydrogen-bond acceptors (Lipinski definition) is 6. The Morgan fingerprint density at radius 2 is 1.57 bits per heavy atom. The molecule has 1 aromatic carbocycles. The molecular formula is C12H15N3O5S. The highest BCUT2D eigenvalue weighted by molar-refractivity contribution is 8.12. The van der Waals surface area contributed by atoms with Crippen LogP contribution in [0.3, 0.4) is 0 Å². The first kappa shape index (κ1) is 16.9. The van der Waals surface area contributed by atoms with E-state index in [1.807, 2.05) is 13.8 Å². The molecule has 0 aliphatic carbocycles. The minimum Gasteiger partial charge on any atom is -0.334 e. The van der Waals surface area contributed by atoms with E-state index in [9.17, 15) is 25.0 Å². The summed E-state index contributed by atoms with van der Waals surface area (Å²) in [5.74, 6) is 0.151. The summed E-state index contributed by atoms with van der Waals surface area (Å²) in [6.07, 6.45) is 0. The molecule has 0 fully saturated rings. The van der Waals surface area contributed by atoms with Crippen molar-refractivity contribution in [1.82, 2.24) is 4.90 Å². The molecule has 114 valence electrons. The number of nitrogens with zero attached hydrogens (tertiary/aromatic N) is 3. The number of non-ortho nitro benzene ring substituents is 2. The Kier molecular flexibility index (Phi) is 6.10. The molecule has 0 saturated heterocycles. The lowest BCUT2D eigenvalue weighted by atomic mass is 10.2. The summed E-state index contributed by atoms with van der Waals surface area (Å²) in [6, 6.07) is 3.39. The Morgan fingerprint density at radius 1 is 1.10 bits per heavy atom. The fourth-order valence-corrected chi connectivity index (χ4v) is 2.57. The monoisotopic (exact) mass is 313 g/mol. The van der Waals surface area contributed by atoms with Crippen molar-refractivity contribution < 1.29 is 14.6 Å². The lowest BCUT2D eigenvalue weighted by molar-refractivity contribution is -0.394. The molecule has 0 bridgehead atoms. The molecule has 0 N–H and O–H groups in total. The summed E-state index contributed by atoms with van der Waals surface area (Å²) in [7, 11) is 0. The zero-order valence-corrected chi connectivity index (χ0v) is 12.5. The maximum absolute atomic E-state index is 11.8. The normalized spacial score (nSPS) is 10.2. The third kappa shape index (κ3) is 4.71. The van der Waals surface area contributed by atoms with Crippen LogP contribution in [0.1, 0.15) is 19.4 Å². The van der Waals surface area contributed by atoms with E-state index in [1.54, 1.807) is 4.90 Å². The number of amides is 1. The van der Waals surface area contributed by atoms with Gasteiger partial charge in [0.2, 0.25) is 0 Å². The molecule has 0 aromatic heterocycles. The lowest BCUT2D eigenvalue weighted by Gasteiger charge is -2.17. The van der Waals surface area contributed by atoms with Gasteiger partial charge < -0.3 is 4.90 Å². The smallest absolute Gasteiger partial charge is 0.281 e. The van der Waals surface area contributed by atoms with Gasteiger partial charge in [-0.05, 0) is 19.4 Å². The molecule has 0 saturated carbocycles. The lowest BCUT2D eigenvalue weighted by Crippen LogP contribution is -2.26. The number of carbonyl (C=O) groups is 1. The maximum Gasteiger partial charge on any atom is 0.281 e. The Hall–Kier alpha value is -2.16. The Bertz CT molecular complexity index is 528. The zero-order valence-electron chi connectivity index (χ0n) is 11.6. The molecule has 9 heteroatoms. The number of nitro groups is 2. The van der Waals surface area contributed by atoms with Crippen LogP contribution >= 0.6 is 11.8 Å². The fourth-order valence-electron chi connectivity index (χ4n) is 1.67. The van der Waals surface area contributed by atoms with Gasteiger partial charge in [0, 0.05) is 31.0 Å². The van der Waals surface area contributed by atoms with Crippen LogP contribution in [0.15, 0.2) is 18.2 Å². The molecule has 1 amide bonds. The highest BCUT2D eigenvalue weighted by Gasteiger charge is 2.18. The van der Waals surface area contributed by atoms with Gasteiger partial charge in [-0.15, -0.1) is 0 Å². The van der Waals surface area contributed by atoms with E-state index in [1.165, 1.54) is 12.1 Å². The van der Waals surface area contributed by atoms with Gasteiger partial charge >= 0.3 is 0 Å². The number of nitro benzene ring substituents is 2. The van der Waals surface area contributed by atoms with Gasteiger partial charge in [0.05, 0.1) is 15.9 Å². The number of carbonyl (C=O) groups excluding carboxylic acids is 1. The molecule has 1 rings (SSSR count). The van der Waals surface area contributed by atoms with Crippen LogP contribution in [0.4, 0.5) is 16.2 Å². The Labute approximate surface area is 125 Å². The predicted molar refractivity (Wildman–Crippen MR) is 79.4 cm³/mol. The van der Waals surface area contributed by atoms with Gasteiger partial charge in [-0.1, -0.05) is 11.8 Å². The molecule has 1 aromatic rings. The van der Waals surface area contributed by atoms with E-state index in [0.29, 0.717) is 18.7 Å². The molecule has 0 unspecified atom stereocenters. The summed E-state index contributed by atoms with van der Waals surface area (Å²) in [5, 5.41) is 21.4. The second-order valence-electron chi connectivity index (χ2n) is 4.10. The number of benzene rings is 1. The summed E-state index contributed by atoms with van der Waals surface area (Å²) in [4.78, 5) is 33.6. The minimum absolute atomic E-state index is 0.151. The maximum atomic E-state index is 11.8. The van der Waals surface area contributed by atoms with Gasteiger partial charge in [-0.25, -0.2) is 0 Å². The van der Waals surface area contributed by atoms with E-state index in [4.69, 9.17) is 0 Å². The molecule has 0 atom stereocenters. The largest absolute Gasteiger partial charge is 0.334 e. The molecule has 0 aliphatic heterocycles. The average Bonchev–Trinajstić information content (AvgIpc) is 2.45. The second-order valence-corrected chi connectivity index (χ2v) is 5.03. The summed E-state index contributed by atoms with van der Waals surface area (Å²) >= 11 is 0.969. The SMILES string of the molecule is CCN(CC)C(=O)SCc1cc([N+](=O)[O-])cc([N+](=O)[O-])c1. The van der Waals surface area contributed by atoms with Crippen molar-refractivity contribution in [2.45, 2.75) is 19.6 Å². The molecule has 0 aliphatic rings. The van der Waals surface area contributed by atoms with Crippen LogP contribution < -0.4 is 0 Å². The fraction of sp³-hybridized carbons (Fsp3) is 0.417. The molecule has 21 heavy (non-hydrogen) atoms. The highest BCUT2D eigenvalue weighted by atomic mass is 32.2. The Morgan fingerprint density at radius 3 is 1.95 bits per heavy atom. The van der Waals surface area contributed by atoms with Crippen molar-refractivity contribution >= 4 is 28.4 Å². The second kappa shape index (κ2) is 7.58. The Balaban J connectivity index is 2.90. The zero-order chi connectivity index (χ0) is 16.0. The van der Waals surface area contributed by atoms with E-state index in [2.05, 4.69) is 0 Å². The minimum atomic E-state index is -0.687. The van der Waals surface area contributed by atoms with Gasteiger partial charge in [-0.3, -0.25) is 25.0 Å². The summed E-state index contributed by atoms with van der Waals surface area (Å²) in [5.41, 5.74) is -0.327. The molecule has 0 heterocycles. The van der Waals surface area contributed by atoms with Crippen molar-refractivity contribution in [3.05, 3.63) is 44.0 Å². The van der Waals surface area contributed by atoms with E-state index >= 15 is 0 Å². The first-order chi connectivity index (χ1) is 9.88. The highest BCUT2D eigenvalue weighted by Crippen LogP contribution is 2.26. The summed E-state index contributed by atoms with van der Waals surface area (Å²) < 4.78 is 0. The molecule has 0 spiro atoms. The number of hydrogen-bond donors (Lipinski definition) is 0. The predicted octanol–water partition coefficient (Wildman–Crippen LogP) is 3.20. The third-order valence-corrected chi connectivity index (χ3v) is 3.75. The van der Waals surface area contributed by atoms with Crippen LogP contribution in [0.25, 0.3) is 0 Å². The van der Waals surface area contributed by atoms with Crippen LogP contribution in [0.2, 0.25) is 0 Å².